The second-order valence-electron chi connectivity index (χ2n) is 7.03. The molecule has 0 aliphatic rings. The molecule has 27 heavy (non-hydrogen) atoms. The van der Waals surface area contributed by atoms with E-state index in [4.69, 9.17) is 18.9 Å². The van der Waals surface area contributed by atoms with Crippen LogP contribution in [0.2, 0.25) is 0 Å². The first-order valence-electron chi connectivity index (χ1n) is 8.61. The Kier molecular flexibility index (Phi) is 6.55. The number of amides is 1. The van der Waals surface area contributed by atoms with Crippen molar-refractivity contribution in [2.45, 2.75) is 26.2 Å². The summed E-state index contributed by atoms with van der Waals surface area (Å²) in [5, 5.41) is 2.77. The molecule has 0 saturated heterocycles. The summed E-state index contributed by atoms with van der Waals surface area (Å²) in [5.41, 5.74) is 1.81. The molecule has 0 aliphatic carbocycles. The van der Waals surface area contributed by atoms with Gasteiger partial charge in [0.05, 0.1) is 21.3 Å². The molecule has 0 aromatic heterocycles. The topological polar surface area (TPSA) is 66.0 Å². The molecule has 0 bridgehead atoms. The van der Waals surface area contributed by atoms with Gasteiger partial charge in [0.15, 0.2) is 18.1 Å². The molecule has 2 aromatic rings. The number of nitrogens with one attached hydrogen (secondary N) is 1. The standard InChI is InChI=1S/C21H27NO5/c1-21(2,3)14-7-9-16(10-8-14)27-13-19(23)22-15-11-17(24-4)20(26-6)18(12-15)25-5/h7-12H,13H2,1-6H3,(H,22,23). The summed E-state index contributed by atoms with van der Waals surface area (Å²) in [7, 11) is 4.57. The molecular weight excluding hydrogens is 346 g/mol. The van der Waals surface area contributed by atoms with E-state index in [1.807, 2.05) is 24.3 Å². The molecule has 6 heteroatoms. The van der Waals surface area contributed by atoms with Gasteiger partial charge >= 0.3 is 0 Å². The quantitative estimate of drug-likeness (QED) is 0.794. The lowest BCUT2D eigenvalue weighted by Crippen LogP contribution is -2.20. The highest BCUT2D eigenvalue weighted by Gasteiger charge is 2.15. The van der Waals surface area contributed by atoms with E-state index in [-0.39, 0.29) is 17.9 Å². The van der Waals surface area contributed by atoms with Gasteiger partial charge in [-0.15, -0.1) is 0 Å². The van der Waals surface area contributed by atoms with Crippen LogP contribution in [0.5, 0.6) is 23.0 Å². The Morgan fingerprint density at radius 3 is 1.93 bits per heavy atom. The number of methoxy groups -OCH3 is 3. The number of benzene rings is 2. The lowest BCUT2D eigenvalue weighted by Gasteiger charge is -2.19. The summed E-state index contributed by atoms with van der Waals surface area (Å²) >= 11 is 0. The lowest BCUT2D eigenvalue weighted by atomic mass is 9.87. The SMILES string of the molecule is COc1cc(NC(=O)COc2ccc(C(C)(C)C)cc2)cc(OC)c1OC. The normalized spacial score (nSPS) is 10.9. The Balaban J connectivity index is 2.01. The molecule has 1 amide bonds. The zero-order valence-electron chi connectivity index (χ0n) is 16.7. The number of carbonyl (C=O) groups excluding carboxylic acids is 1. The molecule has 146 valence electrons. The first kappa shape index (κ1) is 20.4. The zero-order valence-corrected chi connectivity index (χ0v) is 16.7. The molecule has 2 rings (SSSR count). The highest BCUT2D eigenvalue weighted by atomic mass is 16.5. The Morgan fingerprint density at radius 2 is 1.48 bits per heavy atom. The van der Waals surface area contributed by atoms with Crippen LogP contribution in [0.3, 0.4) is 0 Å². The molecule has 0 unspecified atom stereocenters. The van der Waals surface area contributed by atoms with Crippen molar-refractivity contribution in [3.05, 3.63) is 42.0 Å². The van der Waals surface area contributed by atoms with Crippen LogP contribution in [0.15, 0.2) is 36.4 Å². The first-order valence-corrected chi connectivity index (χ1v) is 8.61. The van der Waals surface area contributed by atoms with Crippen molar-refractivity contribution in [2.75, 3.05) is 33.3 Å². The van der Waals surface area contributed by atoms with E-state index in [1.165, 1.54) is 26.9 Å². The predicted molar refractivity (Wildman–Crippen MR) is 105 cm³/mol. The van der Waals surface area contributed by atoms with Crippen LogP contribution in [0.25, 0.3) is 0 Å². The number of anilines is 1. The van der Waals surface area contributed by atoms with Crippen LogP contribution in [-0.2, 0) is 10.2 Å². The summed E-state index contributed by atoms with van der Waals surface area (Å²) < 4.78 is 21.4. The molecule has 0 spiro atoms. The van der Waals surface area contributed by atoms with Crippen molar-refractivity contribution in [1.82, 2.24) is 0 Å². The molecule has 0 fully saturated rings. The maximum atomic E-state index is 12.2. The molecule has 0 aliphatic heterocycles. The summed E-state index contributed by atoms with van der Waals surface area (Å²) in [6, 6.07) is 11.1. The highest BCUT2D eigenvalue weighted by Crippen LogP contribution is 2.39. The predicted octanol–water partition coefficient (Wildman–Crippen LogP) is 4.03. The van der Waals surface area contributed by atoms with Gasteiger partial charge in [0.2, 0.25) is 5.75 Å². The minimum atomic E-state index is -0.288. The van der Waals surface area contributed by atoms with Crippen LogP contribution in [0, 0.1) is 0 Å². The van der Waals surface area contributed by atoms with Crippen molar-refractivity contribution in [3.63, 3.8) is 0 Å². The summed E-state index contributed by atoms with van der Waals surface area (Å²) in [6.45, 7) is 6.33. The molecule has 0 atom stereocenters. The second kappa shape index (κ2) is 8.66. The maximum absolute atomic E-state index is 12.2. The Bertz CT molecular complexity index is 753. The molecule has 2 aromatic carbocycles. The van der Waals surface area contributed by atoms with Crippen molar-refractivity contribution >= 4 is 11.6 Å². The first-order chi connectivity index (χ1) is 12.8. The third kappa shape index (κ3) is 5.29. The van der Waals surface area contributed by atoms with Gasteiger partial charge in [-0.1, -0.05) is 32.9 Å². The second-order valence-corrected chi connectivity index (χ2v) is 7.03. The molecule has 1 N–H and O–H groups in total. The molecule has 0 heterocycles. The number of ether oxygens (including phenoxy) is 4. The van der Waals surface area contributed by atoms with E-state index in [9.17, 15) is 4.79 Å². The van der Waals surface area contributed by atoms with Crippen LogP contribution in [0.4, 0.5) is 5.69 Å². The maximum Gasteiger partial charge on any atom is 0.262 e. The van der Waals surface area contributed by atoms with Crippen molar-refractivity contribution < 1.29 is 23.7 Å². The van der Waals surface area contributed by atoms with Crippen LogP contribution < -0.4 is 24.3 Å². The average Bonchev–Trinajstić information content (AvgIpc) is 2.65. The Labute approximate surface area is 160 Å². The van der Waals surface area contributed by atoms with Gasteiger partial charge in [-0.3, -0.25) is 4.79 Å². The molecule has 0 radical (unpaired) electrons. The fraction of sp³-hybridized carbons (Fsp3) is 0.381. The minimum absolute atomic E-state index is 0.0718. The van der Waals surface area contributed by atoms with Crippen molar-refractivity contribution in [1.29, 1.82) is 0 Å². The molecule has 6 nitrogen and oxygen atoms in total. The smallest absolute Gasteiger partial charge is 0.262 e. The Hall–Kier alpha value is -2.89. The number of hydrogen-bond donors (Lipinski definition) is 1. The van der Waals surface area contributed by atoms with Gasteiger partial charge in [-0.05, 0) is 23.1 Å². The Morgan fingerprint density at radius 1 is 0.926 bits per heavy atom. The monoisotopic (exact) mass is 373 g/mol. The third-order valence-electron chi connectivity index (χ3n) is 4.04. The van der Waals surface area contributed by atoms with E-state index in [1.54, 1.807) is 12.1 Å². The van der Waals surface area contributed by atoms with Gasteiger partial charge in [-0.2, -0.15) is 0 Å². The van der Waals surface area contributed by atoms with Gasteiger partial charge in [0.25, 0.3) is 5.91 Å². The summed E-state index contributed by atoms with van der Waals surface area (Å²) in [6.07, 6.45) is 0. The molecule has 0 saturated carbocycles. The van der Waals surface area contributed by atoms with Gasteiger partial charge in [-0.25, -0.2) is 0 Å². The van der Waals surface area contributed by atoms with Gasteiger partial charge in [0, 0.05) is 17.8 Å². The van der Waals surface area contributed by atoms with Crippen LogP contribution in [-0.4, -0.2) is 33.8 Å². The largest absolute Gasteiger partial charge is 0.493 e. The van der Waals surface area contributed by atoms with Crippen molar-refractivity contribution in [2.24, 2.45) is 0 Å². The number of rotatable bonds is 7. The lowest BCUT2D eigenvalue weighted by molar-refractivity contribution is -0.118. The van der Waals surface area contributed by atoms with Crippen LogP contribution >= 0.6 is 0 Å². The van der Waals surface area contributed by atoms with E-state index in [0.717, 1.165) is 0 Å². The fourth-order valence-corrected chi connectivity index (χ4v) is 2.55. The van der Waals surface area contributed by atoms with Gasteiger partial charge in [0.1, 0.15) is 5.75 Å². The average molecular weight is 373 g/mol. The van der Waals surface area contributed by atoms with Crippen molar-refractivity contribution in [3.8, 4) is 23.0 Å². The molecular formula is C21H27NO5. The highest BCUT2D eigenvalue weighted by molar-refractivity contribution is 5.92. The van der Waals surface area contributed by atoms with E-state index in [0.29, 0.717) is 28.7 Å². The summed E-state index contributed by atoms with van der Waals surface area (Å²) in [5.74, 6) is 1.75. The minimum Gasteiger partial charge on any atom is -0.493 e. The summed E-state index contributed by atoms with van der Waals surface area (Å²) in [4.78, 5) is 12.2. The third-order valence-corrected chi connectivity index (χ3v) is 4.04. The number of hydrogen-bond acceptors (Lipinski definition) is 5. The zero-order chi connectivity index (χ0) is 20.0. The van der Waals surface area contributed by atoms with E-state index >= 15 is 0 Å². The van der Waals surface area contributed by atoms with Gasteiger partial charge < -0.3 is 24.3 Å². The fourth-order valence-electron chi connectivity index (χ4n) is 2.55. The number of carbonyl (C=O) groups is 1. The van der Waals surface area contributed by atoms with E-state index < -0.39 is 0 Å². The van der Waals surface area contributed by atoms with Crippen LogP contribution in [0.1, 0.15) is 26.3 Å². The van der Waals surface area contributed by atoms with E-state index in [2.05, 4.69) is 26.1 Å².